The van der Waals surface area contributed by atoms with Gasteiger partial charge >= 0.3 is 0 Å². The molecule has 0 saturated heterocycles. The van der Waals surface area contributed by atoms with Gasteiger partial charge in [0.1, 0.15) is 6.04 Å². The predicted molar refractivity (Wildman–Crippen MR) is 116 cm³/mol. The van der Waals surface area contributed by atoms with Crippen molar-refractivity contribution in [2.24, 2.45) is 0 Å². The maximum absolute atomic E-state index is 13.5. The molecule has 160 valence electrons. The van der Waals surface area contributed by atoms with Crippen LogP contribution in [-0.2, 0) is 4.79 Å². The van der Waals surface area contributed by atoms with Crippen LogP contribution in [0.5, 0.6) is 11.5 Å². The quantitative estimate of drug-likeness (QED) is 0.653. The Bertz CT molecular complexity index is 1180. The molecule has 0 saturated carbocycles. The monoisotopic (exact) mass is 420 g/mol. The zero-order valence-corrected chi connectivity index (χ0v) is 18.1. The third kappa shape index (κ3) is 3.58. The standard InChI is InChI=1S/C22H24N6O3/c1-12-7-6-8-16(13(12)2)24-21(29)19-14(3)23-22-25-26-27-28(22)20(19)15-9-10-17(30-4)18(11-15)31-5/h6-11,20H,1-5H3,(H,24,29)(H,23,25,27). The molecule has 2 heterocycles. The summed E-state index contributed by atoms with van der Waals surface area (Å²) in [7, 11) is 3.15. The van der Waals surface area contributed by atoms with Gasteiger partial charge in [0.2, 0.25) is 5.95 Å². The Morgan fingerprint density at radius 2 is 1.87 bits per heavy atom. The van der Waals surface area contributed by atoms with Crippen molar-refractivity contribution in [2.45, 2.75) is 26.8 Å². The number of benzene rings is 2. The molecular weight excluding hydrogens is 396 g/mol. The minimum Gasteiger partial charge on any atom is -0.493 e. The van der Waals surface area contributed by atoms with E-state index in [9.17, 15) is 4.79 Å². The maximum atomic E-state index is 13.5. The van der Waals surface area contributed by atoms with E-state index < -0.39 is 6.04 Å². The number of hydrogen-bond acceptors (Lipinski definition) is 7. The number of anilines is 2. The summed E-state index contributed by atoms with van der Waals surface area (Å²) >= 11 is 0. The van der Waals surface area contributed by atoms with Gasteiger partial charge in [-0.05, 0) is 66.1 Å². The van der Waals surface area contributed by atoms with E-state index in [1.54, 1.807) is 25.0 Å². The molecule has 2 N–H and O–H groups in total. The summed E-state index contributed by atoms with van der Waals surface area (Å²) in [5.41, 5.74) is 4.85. The molecule has 1 aliphatic rings. The van der Waals surface area contributed by atoms with Gasteiger partial charge in [0.25, 0.3) is 5.91 Å². The number of methoxy groups -OCH3 is 2. The number of carbonyl (C=O) groups is 1. The summed E-state index contributed by atoms with van der Waals surface area (Å²) < 4.78 is 12.4. The molecule has 1 aliphatic heterocycles. The first-order valence-corrected chi connectivity index (χ1v) is 9.79. The van der Waals surface area contributed by atoms with Crippen LogP contribution in [0.3, 0.4) is 0 Å². The molecule has 0 aliphatic carbocycles. The lowest BCUT2D eigenvalue weighted by Gasteiger charge is -2.28. The van der Waals surface area contributed by atoms with Gasteiger partial charge < -0.3 is 20.1 Å². The first-order valence-electron chi connectivity index (χ1n) is 9.79. The van der Waals surface area contributed by atoms with E-state index in [1.165, 1.54) is 0 Å². The van der Waals surface area contributed by atoms with Crippen LogP contribution >= 0.6 is 0 Å². The highest BCUT2D eigenvalue weighted by Gasteiger charge is 2.34. The van der Waals surface area contributed by atoms with Crippen LogP contribution in [0.1, 0.15) is 29.7 Å². The van der Waals surface area contributed by atoms with Crippen molar-refractivity contribution in [1.29, 1.82) is 0 Å². The molecular formula is C22H24N6O3. The molecule has 3 aromatic rings. The zero-order chi connectivity index (χ0) is 22.1. The zero-order valence-electron chi connectivity index (χ0n) is 18.1. The van der Waals surface area contributed by atoms with E-state index >= 15 is 0 Å². The van der Waals surface area contributed by atoms with Crippen LogP contribution in [-0.4, -0.2) is 40.3 Å². The highest BCUT2D eigenvalue weighted by molar-refractivity contribution is 6.06. The Hall–Kier alpha value is -3.88. The van der Waals surface area contributed by atoms with Gasteiger partial charge in [-0.2, -0.15) is 4.68 Å². The summed E-state index contributed by atoms with van der Waals surface area (Å²) in [5, 5.41) is 18.1. The smallest absolute Gasteiger partial charge is 0.255 e. The van der Waals surface area contributed by atoms with Crippen LogP contribution in [0.2, 0.25) is 0 Å². The van der Waals surface area contributed by atoms with Crippen LogP contribution < -0.4 is 20.1 Å². The second-order valence-corrected chi connectivity index (χ2v) is 7.33. The van der Waals surface area contributed by atoms with Gasteiger partial charge in [0.15, 0.2) is 11.5 Å². The summed E-state index contributed by atoms with van der Waals surface area (Å²) in [6.07, 6.45) is 0. The number of allylic oxidation sites excluding steroid dienone is 1. The van der Waals surface area contributed by atoms with E-state index in [4.69, 9.17) is 9.47 Å². The molecule has 9 nitrogen and oxygen atoms in total. The van der Waals surface area contributed by atoms with Crippen molar-refractivity contribution in [3.05, 3.63) is 64.4 Å². The maximum Gasteiger partial charge on any atom is 0.255 e. The summed E-state index contributed by atoms with van der Waals surface area (Å²) in [5.74, 6) is 1.37. The van der Waals surface area contributed by atoms with Crippen LogP contribution in [0.25, 0.3) is 0 Å². The summed E-state index contributed by atoms with van der Waals surface area (Å²) in [6, 6.07) is 10.8. The third-order valence-corrected chi connectivity index (χ3v) is 5.53. The van der Waals surface area contributed by atoms with Crippen molar-refractivity contribution in [3.8, 4) is 11.5 Å². The van der Waals surface area contributed by atoms with E-state index in [0.717, 1.165) is 22.4 Å². The van der Waals surface area contributed by atoms with Gasteiger partial charge in [-0.3, -0.25) is 4.79 Å². The topological polar surface area (TPSA) is 103 Å². The second kappa shape index (κ2) is 8.10. The molecule has 0 fully saturated rings. The predicted octanol–water partition coefficient (Wildman–Crippen LogP) is 3.23. The highest BCUT2D eigenvalue weighted by Crippen LogP contribution is 2.38. The SMILES string of the molecule is COc1ccc(C2C(C(=O)Nc3cccc(C)c3C)=C(C)Nc3nnnn32)cc1OC. The fourth-order valence-electron chi connectivity index (χ4n) is 3.71. The Morgan fingerprint density at radius 3 is 2.61 bits per heavy atom. The number of fused-ring (bicyclic) bond motifs is 1. The minimum atomic E-state index is -0.545. The molecule has 1 unspecified atom stereocenters. The lowest BCUT2D eigenvalue weighted by Crippen LogP contribution is -2.31. The molecule has 0 radical (unpaired) electrons. The Labute approximate surface area is 180 Å². The molecule has 1 amide bonds. The fraction of sp³-hybridized carbons (Fsp3) is 0.273. The molecule has 1 aromatic heterocycles. The largest absolute Gasteiger partial charge is 0.493 e. The van der Waals surface area contributed by atoms with Gasteiger partial charge in [0.05, 0.1) is 19.8 Å². The Balaban J connectivity index is 1.80. The number of nitrogens with one attached hydrogen (secondary N) is 2. The number of amides is 1. The average molecular weight is 420 g/mol. The van der Waals surface area contributed by atoms with Crippen molar-refractivity contribution >= 4 is 17.5 Å². The molecule has 9 heteroatoms. The van der Waals surface area contributed by atoms with Crippen molar-refractivity contribution in [2.75, 3.05) is 24.9 Å². The molecule has 2 aromatic carbocycles. The van der Waals surface area contributed by atoms with Crippen molar-refractivity contribution in [1.82, 2.24) is 20.2 Å². The van der Waals surface area contributed by atoms with E-state index in [1.807, 2.05) is 51.1 Å². The summed E-state index contributed by atoms with van der Waals surface area (Å²) in [4.78, 5) is 13.5. The fourth-order valence-corrected chi connectivity index (χ4v) is 3.71. The normalized spacial score (nSPS) is 15.2. The Morgan fingerprint density at radius 1 is 1.10 bits per heavy atom. The molecule has 1 atom stereocenters. The van der Waals surface area contributed by atoms with Crippen LogP contribution in [0, 0.1) is 13.8 Å². The number of rotatable bonds is 5. The third-order valence-electron chi connectivity index (χ3n) is 5.53. The van der Waals surface area contributed by atoms with Gasteiger partial charge in [-0.1, -0.05) is 23.3 Å². The molecule has 4 rings (SSSR count). The first-order chi connectivity index (χ1) is 14.9. The number of ether oxygens (including phenoxy) is 2. The number of carbonyl (C=O) groups excluding carboxylic acids is 1. The van der Waals surface area contributed by atoms with Crippen LogP contribution in [0.15, 0.2) is 47.7 Å². The Kier molecular flexibility index (Phi) is 5.33. The molecule has 0 bridgehead atoms. The average Bonchev–Trinajstić information content (AvgIpc) is 3.23. The van der Waals surface area contributed by atoms with Crippen LogP contribution in [0.4, 0.5) is 11.6 Å². The molecule has 31 heavy (non-hydrogen) atoms. The number of hydrogen-bond donors (Lipinski definition) is 2. The van der Waals surface area contributed by atoms with Gasteiger partial charge in [0, 0.05) is 11.4 Å². The lowest BCUT2D eigenvalue weighted by molar-refractivity contribution is -0.113. The number of tetrazole rings is 1. The second-order valence-electron chi connectivity index (χ2n) is 7.33. The van der Waals surface area contributed by atoms with Crippen molar-refractivity contribution in [3.63, 3.8) is 0 Å². The molecule has 0 spiro atoms. The number of nitrogens with zero attached hydrogens (tertiary/aromatic N) is 4. The highest BCUT2D eigenvalue weighted by atomic mass is 16.5. The van der Waals surface area contributed by atoms with E-state index in [0.29, 0.717) is 28.7 Å². The van der Waals surface area contributed by atoms with Gasteiger partial charge in [-0.25, -0.2) is 0 Å². The van der Waals surface area contributed by atoms with Crippen molar-refractivity contribution < 1.29 is 14.3 Å². The minimum absolute atomic E-state index is 0.236. The summed E-state index contributed by atoms with van der Waals surface area (Å²) in [6.45, 7) is 5.83. The lowest BCUT2D eigenvalue weighted by atomic mass is 9.94. The number of aryl methyl sites for hydroxylation is 1. The van der Waals surface area contributed by atoms with Gasteiger partial charge in [-0.15, -0.1) is 0 Å². The van der Waals surface area contributed by atoms with E-state index in [-0.39, 0.29) is 5.91 Å². The number of aromatic nitrogens is 4. The first kappa shape index (κ1) is 20.4. The van der Waals surface area contributed by atoms with E-state index in [2.05, 4.69) is 26.2 Å².